The quantitative estimate of drug-likeness (QED) is 0.902. The zero-order chi connectivity index (χ0) is 14.8. The zero-order valence-electron chi connectivity index (χ0n) is 12.4. The van der Waals surface area contributed by atoms with Gasteiger partial charge in [0.05, 0.1) is 0 Å². The number of rotatable bonds is 2. The summed E-state index contributed by atoms with van der Waals surface area (Å²) in [6.45, 7) is 1.07. The number of amides is 1. The van der Waals surface area contributed by atoms with Crippen molar-refractivity contribution < 1.29 is 14.3 Å². The highest BCUT2D eigenvalue weighted by atomic mass is 16.6. The summed E-state index contributed by atoms with van der Waals surface area (Å²) in [5.41, 5.74) is 6.79. The molecule has 1 fully saturated rings. The van der Waals surface area contributed by atoms with Gasteiger partial charge in [-0.1, -0.05) is 12.8 Å². The second-order valence-corrected chi connectivity index (χ2v) is 5.79. The van der Waals surface area contributed by atoms with Crippen molar-refractivity contribution in [1.29, 1.82) is 0 Å². The van der Waals surface area contributed by atoms with E-state index in [9.17, 15) is 4.79 Å². The van der Waals surface area contributed by atoms with E-state index in [-0.39, 0.29) is 18.0 Å². The molecule has 114 valence electrons. The molecule has 21 heavy (non-hydrogen) atoms. The Bertz CT molecular complexity index is 532. The Labute approximate surface area is 125 Å². The molecule has 2 unspecified atom stereocenters. The molecule has 2 aliphatic rings. The minimum absolute atomic E-state index is 0.00526. The standard InChI is InChI=1S/C16H22N2O3/c1-18(13-5-3-2-4-12(13)17)16(19)11-6-7-14-15(10-11)21-9-8-20-14/h6-7,10,12-13H,2-5,8-9,17H2,1H3. The number of benzene rings is 1. The van der Waals surface area contributed by atoms with Gasteiger partial charge in [0.15, 0.2) is 11.5 Å². The average Bonchev–Trinajstić information content (AvgIpc) is 2.53. The SMILES string of the molecule is CN(C(=O)c1ccc2c(c1)OCCO2)C1CCCCC1N. The highest BCUT2D eigenvalue weighted by Gasteiger charge is 2.29. The van der Waals surface area contributed by atoms with Crippen molar-refractivity contribution in [3.63, 3.8) is 0 Å². The number of hydrogen-bond acceptors (Lipinski definition) is 4. The molecular formula is C16H22N2O3. The second-order valence-electron chi connectivity index (χ2n) is 5.79. The number of fused-ring (bicyclic) bond motifs is 1. The summed E-state index contributed by atoms with van der Waals surface area (Å²) in [6, 6.07) is 5.56. The molecule has 5 nitrogen and oxygen atoms in total. The first-order chi connectivity index (χ1) is 10.2. The number of nitrogens with two attached hydrogens (primary N) is 1. The Morgan fingerprint density at radius 3 is 2.67 bits per heavy atom. The van der Waals surface area contributed by atoms with Crippen LogP contribution < -0.4 is 15.2 Å². The van der Waals surface area contributed by atoms with E-state index in [0.29, 0.717) is 30.3 Å². The molecule has 1 aliphatic heterocycles. The molecule has 0 spiro atoms. The van der Waals surface area contributed by atoms with Gasteiger partial charge in [-0.2, -0.15) is 0 Å². The lowest BCUT2D eigenvalue weighted by Crippen LogP contribution is -2.50. The molecule has 5 heteroatoms. The van der Waals surface area contributed by atoms with E-state index in [1.54, 1.807) is 23.1 Å². The average molecular weight is 290 g/mol. The number of likely N-dealkylation sites (N-methyl/N-ethyl adjacent to an activating group) is 1. The number of ether oxygens (including phenoxy) is 2. The lowest BCUT2D eigenvalue weighted by molar-refractivity contribution is 0.0671. The molecule has 1 saturated carbocycles. The fraction of sp³-hybridized carbons (Fsp3) is 0.562. The van der Waals surface area contributed by atoms with Gasteiger partial charge in [-0.3, -0.25) is 4.79 Å². The van der Waals surface area contributed by atoms with E-state index in [0.717, 1.165) is 25.7 Å². The Kier molecular flexibility index (Phi) is 4.01. The minimum Gasteiger partial charge on any atom is -0.486 e. The maximum Gasteiger partial charge on any atom is 0.254 e. The lowest BCUT2D eigenvalue weighted by Gasteiger charge is -2.36. The van der Waals surface area contributed by atoms with Crippen molar-refractivity contribution in [1.82, 2.24) is 4.90 Å². The van der Waals surface area contributed by atoms with Gasteiger partial charge in [0.2, 0.25) is 0 Å². The smallest absolute Gasteiger partial charge is 0.254 e. The van der Waals surface area contributed by atoms with Crippen LogP contribution in [0.3, 0.4) is 0 Å². The first-order valence-corrected chi connectivity index (χ1v) is 7.59. The van der Waals surface area contributed by atoms with Crippen LogP contribution in [0.2, 0.25) is 0 Å². The zero-order valence-corrected chi connectivity index (χ0v) is 12.4. The number of nitrogens with zero attached hydrogens (tertiary/aromatic N) is 1. The molecular weight excluding hydrogens is 268 g/mol. The molecule has 0 radical (unpaired) electrons. The number of hydrogen-bond donors (Lipinski definition) is 1. The Balaban J connectivity index is 1.77. The van der Waals surface area contributed by atoms with Gasteiger partial charge in [0.25, 0.3) is 5.91 Å². The first-order valence-electron chi connectivity index (χ1n) is 7.59. The fourth-order valence-corrected chi connectivity index (χ4v) is 3.15. The topological polar surface area (TPSA) is 64.8 Å². The van der Waals surface area contributed by atoms with Crippen molar-refractivity contribution in [2.45, 2.75) is 37.8 Å². The third-order valence-corrected chi connectivity index (χ3v) is 4.39. The maximum atomic E-state index is 12.6. The van der Waals surface area contributed by atoms with Crippen molar-refractivity contribution in [3.05, 3.63) is 23.8 Å². The molecule has 1 amide bonds. The summed E-state index contributed by atoms with van der Waals surface area (Å²) in [6.07, 6.45) is 4.26. The van der Waals surface area contributed by atoms with Crippen molar-refractivity contribution in [2.75, 3.05) is 20.3 Å². The third kappa shape index (κ3) is 2.83. The van der Waals surface area contributed by atoms with Crippen LogP contribution >= 0.6 is 0 Å². The van der Waals surface area contributed by atoms with Crippen molar-refractivity contribution in [2.24, 2.45) is 5.73 Å². The van der Waals surface area contributed by atoms with Gasteiger partial charge >= 0.3 is 0 Å². The van der Waals surface area contributed by atoms with Crippen LogP contribution in [-0.4, -0.2) is 43.2 Å². The second kappa shape index (κ2) is 5.93. The van der Waals surface area contributed by atoms with E-state index in [1.807, 2.05) is 7.05 Å². The molecule has 1 aromatic carbocycles. The minimum atomic E-state index is -0.00526. The van der Waals surface area contributed by atoms with Crippen LogP contribution in [0.15, 0.2) is 18.2 Å². The van der Waals surface area contributed by atoms with E-state index >= 15 is 0 Å². The van der Waals surface area contributed by atoms with Crippen LogP contribution in [0.4, 0.5) is 0 Å². The maximum absolute atomic E-state index is 12.6. The summed E-state index contributed by atoms with van der Waals surface area (Å²) in [5.74, 6) is 1.34. The van der Waals surface area contributed by atoms with E-state index < -0.39 is 0 Å². The Morgan fingerprint density at radius 2 is 1.90 bits per heavy atom. The molecule has 0 saturated heterocycles. The molecule has 0 bridgehead atoms. The van der Waals surface area contributed by atoms with Gasteiger partial charge in [0, 0.05) is 24.7 Å². The molecule has 1 aromatic rings. The van der Waals surface area contributed by atoms with Gasteiger partial charge in [-0.15, -0.1) is 0 Å². The highest BCUT2D eigenvalue weighted by molar-refractivity contribution is 5.95. The fourth-order valence-electron chi connectivity index (χ4n) is 3.15. The normalized spacial score (nSPS) is 24.5. The van der Waals surface area contributed by atoms with Crippen LogP contribution in [0.25, 0.3) is 0 Å². The monoisotopic (exact) mass is 290 g/mol. The van der Waals surface area contributed by atoms with E-state index in [1.165, 1.54) is 0 Å². The molecule has 1 aliphatic carbocycles. The Morgan fingerprint density at radius 1 is 1.19 bits per heavy atom. The predicted molar refractivity (Wildman–Crippen MR) is 79.8 cm³/mol. The molecule has 3 rings (SSSR count). The lowest BCUT2D eigenvalue weighted by atomic mass is 9.90. The van der Waals surface area contributed by atoms with Crippen LogP contribution in [-0.2, 0) is 0 Å². The third-order valence-electron chi connectivity index (χ3n) is 4.39. The van der Waals surface area contributed by atoms with Crippen molar-refractivity contribution >= 4 is 5.91 Å². The number of carbonyl (C=O) groups is 1. The van der Waals surface area contributed by atoms with E-state index in [4.69, 9.17) is 15.2 Å². The van der Waals surface area contributed by atoms with Crippen molar-refractivity contribution in [3.8, 4) is 11.5 Å². The van der Waals surface area contributed by atoms with Gasteiger partial charge in [-0.25, -0.2) is 0 Å². The molecule has 2 N–H and O–H groups in total. The van der Waals surface area contributed by atoms with E-state index in [2.05, 4.69) is 0 Å². The first kappa shape index (κ1) is 14.2. The molecule has 1 heterocycles. The Hall–Kier alpha value is -1.75. The summed E-state index contributed by atoms with van der Waals surface area (Å²) >= 11 is 0. The van der Waals surface area contributed by atoms with Gasteiger partial charge in [0.1, 0.15) is 13.2 Å². The summed E-state index contributed by atoms with van der Waals surface area (Å²) < 4.78 is 11.0. The van der Waals surface area contributed by atoms with Crippen LogP contribution in [0.5, 0.6) is 11.5 Å². The van der Waals surface area contributed by atoms with Gasteiger partial charge < -0.3 is 20.1 Å². The summed E-state index contributed by atoms with van der Waals surface area (Å²) in [5, 5.41) is 0. The highest BCUT2D eigenvalue weighted by Crippen LogP contribution is 2.31. The largest absolute Gasteiger partial charge is 0.486 e. The summed E-state index contributed by atoms with van der Waals surface area (Å²) in [7, 11) is 1.84. The summed E-state index contributed by atoms with van der Waals surface area (Å²) in [4.78, 5) is 14.4. The molecule has 2 atom stereocenters. The van der Waals surface area contributed by atoms with Gasteiger partial charge in [-0.05, 0) is 31.0 Å². The predicted octanol–water partition coefficient (Wildman–Crippen LogP) is 1.80. The van der Waals surface area contributed by atoms with Crippen LogP contribution in [0, 0.1) is 0 Å². The van der Waals surface area contributed by atoms with Crippen LogP contribution in [0.1, 0.15) is 36.0 Å². The number of carbonyl (C=O) groups excluding carboxylic acids is 1. The molecule has 0 aromatic heterocycles.